The Morgan fingerprint density at radius 2 is 1.97 bits per heavy atom. The average molecular weight is 495 g/mol. The lowest BCUT2D eigenvalue weighted by Crippen LogP contribution is -2.41. The zero-order chi connectivity index (χ0) is 26.0. The molecule has 13 nitrogen and oxygen atoms in total. The summed E-state index contributed by atoms with van der Waals surface area (Å²) in [6, 6.07) is 3.15. The van der Waals surface area contributed by atoms with Gasteiger partial charge in [0.2, 0.25) is 5.82 Å². The number of nitrogens with zero attached hydrogens (tertiary/aromatic N) is 6. The Labute approximate surface area is 206 Å². The summed E-state index contributed by atoms with van der Waals surface area (Å²) in [4.78, 5) is 43.1. The molecule has 0 aromatic carbocycles. The van der Waals surface area contributed by atoms with Gasteiger partial charge in [-0.3, -0.25) is 19.1 Å². The van der Waals surface area contributed by atoms with Crippen LogP contribution in [-0.4, -0.2) is 89.4 Å². The highest BCUT2D eigenvalue weighted by Crippen LogP contribution is 2.32. The van der Waals surface area contributed by atoms with Gasteiger partial charge >= 0.3 is 0 Å². The molecule has 4 atom stereocenters. The number of nitrogens with two attached hydrogens (primary N) is 1. The maximum absolute atomic E-state index is 12.8. The molecule has 2 amide bonds. The number of aromatic nitrogens is 5. The number of fused-ring (bicyclic) bond motifs is 1. The number of aliphatic hydroxyl groups is 2. The number of aliphatic hydroxyl groups excluding tert-OH is 2. The summed E-state index contributed by atoms with van der Waals surface area (Å²) in [7, 11) is 1.40. The van der Waals surface area contributed by atoms with Crippen LogP contribution < -0.4 is 11.1 Å². The third-order valence-corrected chi connectivity index (χ3v) is 5.73. The van der Waals surface area contributed by atoms with E-state index in [1.54, 1.807) is 29.4 Å². The summed E-state index contributed by atoms with van der Waals surface area (Å²) in [5, 5.41) is 23.1. The number of hydrogen-bond donors (Lipinski definition) is 4. The number of nitrogens with one attached hydrogen (secondary N) is 1. The molecule has 0 saturated carbocycles. The lowest BCUT2D eigenvalue weighted by atomic mass is 10.1. The molecule has 0 unspecified atom stereocenters. The Hall–Kier alpha value is -4.12. The van der Waals surface area contributed by atoms with Gasteiger partial charge in [-0.05, 0) is 31.9 Å². The van der Waals surface area contributed by atoms with Crippen molar-refractivity contribution >= 4 is 28.8 Å². The molecule has 13 heteroatoms. The fourth-order valence-corrected chi connectivity index (χ4v) is 3.78. The Bertz CT molecular complexity index is 1330. The molecule has 4 heterocycles. The normalized spacial score (nSPS) is 21.3. The standard InChI is InChI=1S/C23H26N8O5/c1-12(2)30(22(35)13-6-8-26-9-7-13)10-4-5-14-28-19(24)15-20(29-14)31(11-27-15)23-17(33)16(32)18(36-23)21(34)25-3/h6-9,11-12,16-18,23,32-33H,10H2,1-3H3,(H,25,34)(H2,24,28,29)/t16-,17+,18-,23+/m0/s1. The van der Waals surface area contributed by atoms with Gasteiger partial charge in [-0.2, -0.15) is 0 Å². The van der Waals surface area contributed by atoms with E-state index in [1.807, 2.05) is 13.8 Å². The van der Waals surface area contributed by atoms with Crippen LogP contribution in [0.4, 0.5) is 5.82 Å². The minimum atomic E-state index is -1.45. The van der Waals surface area contributed by atoms with Crippen molar-refractivity contribution in [1.29, 1.82) is 0 Å². The molecule has 1 saturated heterocycles. The second-order valence-electron chi connectivity index (χ2n) is 8.36. The van der Waals surface area contributed by atoms with Crippen molar-refractivity contribution in [2.45, 2.75) is 44.4 Å². The van der Waals surface area contributed by atoms with Crippen molar-refractivity contribution in [3.63, 3.8) is 0 Å². The number of likely N-dealkylation sites (N-methyl/N-ethyl adjacent to an activating group) is 1. The topological polar surface area (TPSA) is 182 Å². The predicted molar refractivity (Wildman–Crippen MR) is 127 cm³/mol. The second kappa shape index (κ2) is 10.2. The van der Waals surface area contributed by atoms with E-state index in [2.05, 4.69) is 37.1 Å². The Morgan fingerprint density at radius 3 is 2.64 bits per heavy atom. The van der Waals surface area contributed by atoms with E-state index in [1.165, 1.54) is 17.9 Å². The molecule has 0 bridgehead atoms. The molecule has 0 aliphatic carbocycles. The van der Waals surface area contributed by atoms with E-state index >= 15 is 0 Å². The van der Waals surface area contributed by atoms with Gasteiger partial charge in [0.05, 0.1) is 12.9 Å². The smallest absolute Gasteiger partial charge is 0.254 e. The molecule has 1 aliphatic heterocycles. The van der Waals surface area contributed by atoms with Crippen molar-refractivity contribution in [3.8, 4) is 11.8 Å². The Morgan fingerprint density at radius 1 is 1.25 bits per heavy atom. The van der Waals surface area contributed by atoms with E-state index in [0.717, 1.165) is 0 Å². The van der Waals surface area contributed by atoms with Crippen LogP contribution in [0.3, 0.4) is 0 Å². The van der Waals surface area contributed by atoms with Gasteiger partial charge in [0.25, 0.3) is 11.8 Å². The van der Waals surface area contributed by atoms with Crippen LogP contribution in [0.1, 0.15) is 36.3 Å². The van der Waals surface area contributed by atoms with Gasteiger partial charge in [0.15, 0.2) is 23.8 Å². The van der Waals surface area contributed by atoms with Crippen molar-refractivity contribution < 1.29 is 24.5 Å². The third kappa shape index (κ3) is 4.69. The highest BCUT2D eigenvalue weighted by molar-refractivity contribution is 5.94. The van der Waals surface area contributed by atoms with Gasteiger partial charge in [-0.25, -0.2) is 15.0 Å². The summed E-state index contributed by atoms with van der Waals surface area (Å²) >= 11 is 0. The first-order valence-corrected chi connectivity index (χ1v) is 11.2. The van der Waals surface area contributed by atoms with E-state index in [4.69, 9.17) is 10.5 Å². The number of amides is 2. The lowest BCUT2D eigenvalue weighted by Gasteiger charge is -2.24. The third-order valence-electron chi connectivity index (χ3n) is 5.73. The van der Waals surface area contributed by atoms with Crippen LogP contribution in [0.25, 0.3) is 11.2 Å². The van der Waals surface area contributed by atoms with E-state index in [9.17, 15) is 19.8 Å². The zero-order valence-electron chi connectivity index (χ0n) is 19.9. The predicted octanol–water partition coefficient (Wildman–Crippen LogP) is -0.929. The number of nitrogen functional groups attached to an aromatic ring is 1. The number of anilines is 1. The van der Waals surface area contributed by atoms with Crippen LogP contribution in [0.15, 0.2) is 30.9 Å². The fraction of sp³-hybridized carbons (Fsp3) is 0.391. The summed E-state index contributed by atoms with van der Waals surface area (Å²) in [6.45, 7) is 3.88. The average Bonchev–Trinajstić information content (AvgIpc) is 3.42. The van der Waals surface area contributed by atoms with Crippen molar-refractivity contribution in [2.24, 2.45) is 0 Å². The number of imidazole rings is 1. The van der Waals surface area contributed by atoms with Gasteiger partial charge in [0, 0.05) is 31.0 Å². The molecule has 4 rings (SSSR count). The minimum Gasteiger partial charge on any atom is -0.387 e. The first-order chi connectivity index (χ1) is 17.2. The van der Waals surface area contributed by atoms with E-state index in [-0.39, 0.29) is 41.3 Å². The summed E-state index contributed by atoms with van der Waals surface area (Å²) in [6.07, 6.45) is -0.864. The molecular weight excluding hydrogens is 468 g/mol. The molecule has 1 fully saturated rings. The van der Waals surface area contributed by atoms with E-state index in [0.29, 0.717) is 5.56 Å². The Balaban J connectivity index is 1.60. The fourth-order valence-electron chi connectivity index (χ4n) is 3.78. The maximum Gasteiger partial charge on any atom is 0.254 e. The van der Waals surface area contributed by atoms with E-state index < -0.39 is 30.4 Å². The van der Waals surface area contributed by atoms with Crippen molar-refractivity contribution in [3.05, 3.63) is 42.2 Å². The first kappa shape index (κ1) is 25.0. The number of ether oxygens (including phenoxy) is 1. The van der Waals surface area contributed by atoms with Crippen LogP contribution in [-0.2, 0) is 9.53 Å². The highest BCUT2D eigenvalue weighted by Gasteiger charge is 2.47. The van der Waals surface area contributed by atoms with Gasteiger partial charge in [0.1, 0.15) is 17.7 Å². The van der Waals surface area contributed by atoms with Crippen LogP contribution in [0.2, 0.25) is 0 Å². The Kier molecular flexibility index (Phi) is 7.11. The number of carbonyl (C=O) groups is 2. The molecule has 0 radical (unpaired) electrons. The molecular formula is C23H26N8O5. The molecule has 0 spiro atoms. The molecule has 1 aliphatic rings. The maximum atomic E-state index is 12.8. The minimum absolute atomic E-state index is 0.0486. The van der Waals surface area contributed by atoms with Crippen LogP contribution >= 0.6 is 0 Å². The first-order valence-electron chi connectivity index (χ1n) is 11.2. The molecule has 3 aromatic heterocycles. The number of rotatable bonds is 5. The summed E-state index contributed by atoms with van der Waals surface area (Å²) in [5.41, 5.74) is 6.99. The largest absolute Gasteiger partial charge is 0.387 e. The summed E-state index contributed by atoms with van der Waals surface area (Å²) < 4.78 is 6.97. The van der Waals surface area contributed by atoms with Gasteiger partial charge in [-0.1, -0.05) is 5.92 Å². The molecule has 36 heavy (non-hydrogen) atoms. The van der Waals surface area contributed by atoms with Crippen LogP contribution in [0.5, 0.6) is 0 Å². The van der Waals surface area contributed by atoms with Crippen LogP contribution in [0, 0.1) is 11.8 Å². The van der Waals surface area contributed by atoms with Gasteiger partial charge in [-0.15, -0.1) is 0 Å². The lowest BCUT2D eigenvalue weighted by molar-refractivity contribution is -0.137. The molecule has 3 aromatic rings. The summed E-state index contributed by atoms with van der Waals surface area (Å²) in [5.74, 6) is 5.07. The quantitative estimate of drug-likeness (QED) is 0.323. The second-order valence-corrected chi connectivity index (χ2v) is 8.36. The SMILES string of the molecule is CNC(=O)[C@H]1O[C@@H](n2cnc3c(N)nc(C#CCN(C(=O)c4ccncc4)C(C)C)nc32)[C@H](O)[C@@H]1O. The highest BCUT2D eigenvalue weighted by atomic mass is 16.6. The monoisotopic (exact) mass is 494 g/mol. The number of carbonyl (C=O) groups excluding carboxylic acids is 2. The van der Waals surface area contributed by atoms with Gasteiger partial charge < -0.3 is 30.9 Å². The zero-order valence-corrected chi connectivity index (χ0v) is 19.9. The molecule has 188 valence electrons. The number of hydrogen-bond acceptors (Lipinski definition) is 10. The van der Waals surface area contributed by atoms with Crippen molar-refractivity contribution in [2.75, 3.05) is 19.3 Å². The number of pyridine rings is 1. The van der Waals surface area contributed by atoms with Crippen molar-refractivity contribution in [1.82, 2.24) is 34.7 Å². The molecule has 5 N–H and O–H groups in total.